The third-order valence-corrected chi connectivity index (χ3v) is 9.72. The summed E-state index contributed by atoms with van der Waals surface area (Å²) in [6.07, 6.45) is 17.2. The van der Waals surface area contributed by atoms with Crippen LogP contribution in [0.3, 0.4) is 0 Å². The van der Waals surface area contributed by atoms with E-state index in [0.29, 0.717) is 13.1 Å². The lowest BCUT2D eigenvalue weighted by Gasteiger charge is -2.22. The van der Waals surface area contributed by atoms with Gasteiger partial charge in [0.1, 0.15) is 0 Å². The highest BCUT2D eigenvalue weighted by Crippen LogP contribution is 2.28. The van der Waals surface area contributed by atoms with Gasteiger partial charge in [0.15, 0.2) is 0 Å². The summed E-state index contributed by atoms with van der Waals surface area (Å²) in [5, 5.41) is 13.0. The number of rotatable bonds is 7. The molecule has 7 aromatic heterocycles. The minimum Gasteiger partial charge on any atom is -0.481 e. The first-order valence-electron chi connectivity index (χ1n) is 17.4. The van der Waals surface area contributed by atoms with E-state index < -0.39 is 5.97 Å². The molecule has 0 aromatic carbocycles. The van der Waals surface area contributed by atoms with Crippen LogP contribution in [0.15, 0.2) is 146 Å². The molecule has 5 N–H and O–H groups in total. The molecule has 7 aromatic rings. The Bertz CT molecular complexity index is 2790. The van der Waals surface area contributed by atoms with Crippen LogP contribution < -0.4 is 21.4 Å². The van der Waals surface area contributed by atoms with Gasteiger partial charge in [-0.25, -0.2) is 0 Å². The molecule has 2 aliphatic heterocycles. The average Bonchev–Trinajstić information content (AvgIpc) is 4.04. The standard InChI is InChI=1S/C43H34N8O2/c52-39(53)17-26-51-24-15-30(16-25-51)43-37-7-5-35(49-37)41(28-11-20-45-21-12-28)33-3-1-31(47-33)40(27-9-18-44-19-10-27)32-2-4-34(48-32)42(29-13-22-46-23-14-29)36-6-8-38(43)50-36/h1-16,18-24,47-50H,17,25-26H2,(H,52,53). The summed E-state index contributed by atoms with van der Waals surface area (Å²) in [6.45, 7) is 1.04. The van der Waals surface area contributed by atoms with Crippen molar-refractivity contribution in [3.05, 3.63) is 207 Å². The van der Waals surface area contributed by atoms with Crippen molar-refractivity contribution in [3.63, 3.8) is 0 Å². The maximum absolute atomic E-state index is 11.3. The smallest absolute Gasteiger partial charge is 0.305 e. The summed E-state index contributed by atoms with van der Waals surface area (Å²) < 4.78 is 0. The molecule has 0 aliphatic carbocycles. The van der Waals surface area contributed by atoms with Gasteiger partial charge in [-0.3, -0.25) is 19.7 Å². The molecule has 53 heavy (non-hydrogen) atoms. The van der Waals surface area contributed by atoms with Crippen LogP contribution in [-0.4, -0.2) is 64.0 Å². The van der Waals surface area contributed by atoms with Gasteiger partial charge in [-0.15, -0.1) is 0 Å². The Morgan fingerprint density at radius 1 is 0.547 bits per heavy atom. The zero-order valence-electron chi connectivity index (χ0n) is 28.5. The van der Waals surface area contributed by atoms with Crippen LogP contribution in [0.2, 0.25) is 0 Å². The summed E-state index contributed by atoms with van der Waals surface area (Å²) in [7, 11) is 0. The second kappa shape index (κ2) is 13.5. The number of H-pyrrole nitrogens is 4. The summed E-state index contributed by atoms with van der Waals surface area (Å²) in [4.78, 5) is 41.4. The number of pyridine rings is 3. The van der Waals surface area contributed by atoms with Gasteiger partial charge < -0.3 is 29.9 Å². The molecule has 10 heteroatoms. The quantitative estimate of drug-likeness (QED) is 0.173. The Balaban J connectivity index is 1.35. The molecule has 10 nitrogen and oxygen atoms in total. The molecular formula is C43H34N8O2. The Morgan fingerprint density at radius 3 is 1.32 bits per heavy atom. The monoisotopic (exact) mass is 694 g/mol. The number of aliphatic carboxylic acids is 1. The van der Waals surface area contributed by atoms with Gasteiger partial charge in [-0.1, -0.05) is 6.08 Å². The molecule has 2 aliphatic rings. The molecule has 0 amide bonds. The van der Waals surface area contributed by atoms with Crippen molar-refractivity contribution in [3.8, 4) is 0 Å². The maximum Gasteiger partial charge on any atom is 0.305 e. The van der Waals surface area contributed by atoms with Crippen LogP contribution in [0, 0.1) is 0 Å². The van der Waals surface area contributed by atoms with E-state index in [4.69, 9.17) is 0 Å². The molecule has 9 rings (SSSR count). The number of aromatic amines is 4. The van der Waals surface area contributed by atoms with Crippen molar-refractivity contribution in [1.29, 1.82) is 0 Å². The van der Waals surface area contributed by atoms with Gasteiger partial charge in [0.25, 0.3) is 0 Å². The molecule has 258 valence electrons. The first-order valence-corrected chi connectivity index (χ1v) is 17.4. The van der Waals surface area contributed by atoms with Crippen molar-refractivity contribution in [2.75, 3.05) is 13.1 Å². The third-order valence-electron chi connectivity index (χ3n) is 9.72. The lowest BCUT2D eigenvalue weighted by molar-refractivity contribution is -0.137. The Kier molecular flexibility index (Phi) is 8.09. The molecule has 0 atom stereocenters. The predicted molar refractivity (Wildman–Crippen MR) is 203 cm³/mol. The Morgan fingerprint density at radius 2 is 0.943 bits per heavy atom. The van der Waals surface area contributed by atoms with Crippen LogP contribution in [-0.2, 0) is 4.79 Å². The van der Waals surface area contributed by atoms with Gasteiger partial charge in [0, 0.05) is 117 Å². The predicted octanol–water partition coefficient (Wildman–Crippen LogP) is 3.67. The van der Waals surface area contributed by atoms with Crippen molar-refractivity contribution >= 4 is 28.3 Å². The molecule has 0 spiro atoms. The van der Waals surface area contributed by atoms with Gasteiger partial charge >= 0.3 is 5.97 Å². The van der Waals surface area contributed by atoms with Crippen molar-refractivity contribution in [1.82, 2.24) is 39.8 Å². The van der Waals surface area contributed by atoms with Crippen molar-refractivity contribution < 1.29 is 9.90 Å². The number of allylic oxidation sites excluding steroid dienone is 2. The third kappa shape index (κ3) is 6.12. The van der Waals surface area contributed by atoms with E-state index in [2.05, 4.69) is 95.6 Å². The van der Waals surface area contributed by atoms with Gasteiger partial charge in [0.05, 0.1) is 6.42 Å². The SMILES string of the molecule is O=C(O)CCN1C=CC(C2=c3ccc([nH]3)=C(c3ccncc3)c3ccc([nH]3)C(c3ccncc3)=c3ccc([nH]3)=C(c3ccncc3)c3ccc2[nH]3)=CC1. The number of hydrogen-bond donors (Lipinski definition) is 5. The fraction of sp³-hybridized carbons (Fsp3) is 0.0698. The van der Waals surface area contributed by atoms with Crippen LogP contribution in [0.25, 0.3) is 22.3 Å². The minimum absolute atomic E-state index is 0.0774. The second-order valence-corrected chi connectivity index (χ2v) is 13.0. The number of hydrogen-bond acceptors (Lipinski definition) is 5. The molecule has 0 unspecified atom stereocenters. The highest BCUT2D eigenvalue weighted by atomic mass is 16.4. The molecular weight excluding hydrogens is 661 g/mol. The van der Waals surface area contributed by atoms with E-state index in [-0.39, 0.29) is 6.42 Å². The Hall–Kier alpha value is -7.20. The van der Waals surface area contributed by atoms with E-state index in [1.54, 1.807) is 0 Å². The largest absolute Gasteiger partial charge is 0.481 e. The summed E-state index contributed by atoms with van der Waals surface area (Å²) in [5.41, 5.74) is 11.9. The van der Waals surface area contributed by atoms with Crippen LogP contribution >= 0.6 is 0 Å². The highest BCUT2D eigenvalue weighted by molar-refractivity contribution is 5.85. The van der Waals surface area contributed by atoms with E-state index in [0.717, 1.165) is 88.7 Å². The van der Waals surface area contributed by atoms with Gasteiger partial charge in [-0.05, 0) is 119 Å². The minimum atomic E-state index is -0.810. The van der Waals surface area contributed by atoms with Crippen molar-refractivity contribution in [2.45, 2.75) is 6.42 Å². The number of carbonyl (C=O) groups is 1. The fourth-order valence-electron chi connectivity index (χ4n) is 7.25. The molecule has 0 radical (unpaired) electrons. The number of aromatic nitrogens is 7. The van der Waals surface area contributed by atoms with E-state index >= 15 is 0 Å². The first-order chi connectivity index (χ1) is 26.1. The molecule has 8 bridgehead atoms. The van der Waals surface area contributed by atoms with Crippen LogP contribution in [0.1, 0.15) is 45.9 Å². The molecule has 0 fully saturated rings. The lowest BCUT2D eigenvalue weighted by atomic mass is 10.0. The van der Waals surface area contributed by atoms with E-state index in [1.807, 2.05) is 84.7 Å². The number of carboxylic acids is 1. The topological polar surface area (TPSA) is 142 Å². The van der Waals surface area contributed by atoms with Crippen LogP contribution in [0.5, 0.6) is 0 Å². The number of carboxylic acid groups (broad SMARTS) is 1. The molecule has 9 heterocycles. The van der Waals surface area contributed by atoms with E-state index in [1.165, 1.54) is 0 Å². The summed E-state index contributed by atoms with van der Waals surface area (Å²) in [6, 6.07) is 29.2. The number of nitrogens with zero attached hydrogens (tertiary/aromatic N) is 4. The zero-order chi connectivity index (χ0) is 35.7. The van der Waals surface area contributed by atoms with Gasteiger partial charge in [0.2, 0.25) is 0 Å². The first kappa shape index (κ1) is 31.8. The molecule has 0 saturated heterocycles. The number of fused-ring (bicyclic) bond motifs is 8. The van der Waals surface area contributed by atoms with E-state index in [9.17, 15) is 9.90 Å². The summed E-state index contributed by atoms with van der Waals surface area (Å²) in [5.74, 6) is -0.810. The average molecular weight is 695 g/mol. The van der Waals surface area contributed by atoms with Crippen LogP contribution in [0.4, 0.5) is 0 Å². The fourth-order valence-corrected chi connectivity index (χ4v) is 7.25. The highest BCUT2D eigenvalue weighted by Gasteiger charge is 2.19. The van der Waals surface area contributed by atoms with Crippen molar-refractivity contribution in [2.24, 2.45) is 0 Å². The maximum atomic E-state index is 11.3. The lowest BCUT2D eigenvalue weighted by Crippen LogP contribution is -2.24. The zero-order valence-corrected chi connectivity index (χ0v) is 28.5. The Labute approximate surface area is 303 Å². The second-order valence-electron chi connectivity index (χ2n) is 13.0. The summed E-state index contributed by atoms with van der Waals surface area (Å²) >= 11 is 0. The normalized spacial score (nSPS) is 14.1. The molecule has 0 saturated carbocycles. The number of nitrogens with one attached hydrogen (secondary N) is 4. The van der Waals surface area contributed by atoms with Gasteiger partial charge in [-0.2, -0.15) is 0 Å².